The monoisotopic (exact) mass is 402 g/mol. The Kier molecular flexibility index (Phi) is 5.71. The van der Waals surface area contributed by atoms with Crippen LogP contribution in [0.25, 0.3) is 6.08 Å². The van der Waals surface area contributed by atoms with Crippen LogP contribution in [0.1, 0.15) is 25.0 Å². The number of nitrogens with one attached hydrogen (secondary N) is 1. The van der Waals surface area contributed by atoms with Crippen molar-refractivity contribution in [1.29, 1.82) is 0 Å². The van der Waals surface area contributed by atoms with E-state index in [4.69, 9.17) is 14.6 Å². The molecule has 8 heteroatoms. The van der Waals surface area contributed by atoms with Crippen LogP contribution in [0.4, 0.5) is 5.69 Å². The molecule has 3 rings (SSSR count). The third-order valence-corrected chi connectivity index (χ3v) is 5.08. The number of amides is 1. The number of nitrogens with two attached hydrogens (primary N) is 1. The van der Waals surface area contributed by atoms with Crippen LogP contribution >= 0.6 is 0 Å². The first-order chi connectivity index (χ1) is 13.3. The van der Waals surface area contributed by atoms with Crippen molar-refractivity contribution in [3.63, 3.8) is 0 Å². The molecule has 0 bridgehead atoms. The molecule has 2 aromatic carbocycles. The van der Waals surface area contributed by atoms with Gasteiger partial charge in [-0.2, -0.15) is 0 Å². The summed E-state index contributed by atoms with van der Waals surface area (Å²) in [6, 6.07) is 9.55. The van der Waals surface area contributed by atoms with Crippen molar-refractivity contribution < 1.29 is 22.7 Å². The van der Waals surface area contributed by atoms with E-state index in [1.54, 1.807) is 12.1 Å². The van der Waals surface area contributed by atoms with E-state index in [9.17, 15) is 13.2 Å². The van der Waals surface area contributed by atoms with E-state index in [1.807, 2.05) is 26.0 Å². The SMILES string of the molecule is CCOc1cc2c(cc1/C=C/C(=O)Nc1cccc(S(N)(=O)=O)c1)O[C@@H](C)C2. The van der Waals surface area contributed by atoms with Gasteiger partial charge in [0, 0.05) is 29.3 Å². The highest BCUT2D eigenvalue weighted by molar-refractivity contribution is 7.89. The predicted molar refractivity (Wildman–Crippen MR) is 107 cm³/mol. The van der Waals surface area contributed by atoms with Gasteiger partial charge < -0.3 is 14.8 Å². The summed E-state index contributed by atoms with van der Waals surface area (Å²) in [5, 5.41) is 7.73. The molecule has 0 radical (unpaired) electrons. The van der Waals surface area contributed by atoms with Crippen LogP contribution in [0.2, 0.25) is 0 Å². The normalized spacial score (nSPS) is 15.9. The molecule has 1 aliphatic rings. The van der Waals surface area contributed by atoms with Crippen molar-refractivity contribution in [1.82, 2.24) is 0 Å². The number of hydrogen-bond acceptors (Lipinski definition) is 5. The maximum atomic E-state index is 12.3. The van der Waals surface area contributed by atoms with E-state index in [0.29, 0.717) is 18.0 Å². The van der Waals surface area contributed by atoms with Gasteiger partial charge in [-0.05, 0) is 50.3 Å². The fourth-order valence-corrected chi connectivity index (χ4v) is 3.53. The van der Waals surface area contributed by atoms with Gasteiger partial charge in [0.05, 0.1) is 11.5 Å². The van der Waals surface area contributed by atoms with Gasteiger partial charge >= 0.3 is 0 Å². The number of hydrogen-bond donors (Lipinski definition) is 2. The Morgan fingerprint density at radius 1 is 1.36 bits per heavy atom. The topological polar surface area (TPSA) is 108 Å². The van der Waals surface area contributed by atoms with Crippen molar-refractivity contribution in [3.05, 3.63) is 53.6 Å². The average molecular weight is 402 g/mol. The molecule has 7 nitrogen and oxygen atoms in total. The number of rotatable bonds is 6. The Morgan fingerprint density at radius 2 is 2.14 bits per heavy atom. The molecule has 0 unspecified atom stereocenters. The van der Waals surface area contributed by atoms with E-state index in [0.717, 1.165) is 23.3 Å². The molecule has 1 amide bonds. The van der Waals surface area contributed by atoms with Gasteiger partial charge in [-0.1, -0.05) is 6.07 Å². The number of carbonyl (C=O) groups is 1. The van der Waals surface area contributed by atoms with E-state index in [1.165, 1.54) is 24.3 Å². The van der Waals surface area contributed by atoms with Crippen molar-refractivity contribution in [3.8, 4) is 11.5 Å². The Labute approximate surface area is 164 Å². The first-order valence-electron chi connectivity index (χ1n) is 8.84. The maximum absolute atomic E-state index is 12.3. The molecule has 0 aliphatic carbocycles. The minimum Gasteiger partial charge on any atom is -0.493 e. The zero-order chi connectivity index (χ0) is 20.3. The molecule has 1 atom stereocenters. The molecule has 0 saturated carbocycles. The molecule has 1 aliphatic heterocycles. The van der Waals surface area contributed by atoms with Gasteiger partial charge in [0.1, 0.15) is 17.6 Å². The lowest BCUT2D eigenvalue weighted by molar-refractivity contribution is -0.111. The summed E-state index contributed by atoms with van der Waals surface area (Å²) in [5.41, 5.74) is 2.14. The first kappa shape index (κ1) is 19.9. The van der Waals surface area contributed by atoms with Gasteiger partial charge in [-0.3, -0.25) is 4.79 Å². The number of anilines is 1. The number of benzene rings is 2. The summed E-state index contributed by atoms with van der Waals surface area (Å²) in [5.74, 6) is 1.06. The second-order valence-electron chi connectivity index (χ2n) is 6.46. The molecular weight excluding hydrogens is 380 g/mol. The van der Waals surface area contributed by atoms with Gasteiger partial charge in [0.15, 0.2) is 0 Å². The van der Waals surface area contributed by atoms with Crippen molar-refractivity contribution >= 4 is 27.7 Å². The quantitative estimate of drug-likeness (QED) is 0.723. The minimum absolute atomic E-state index is 0.0715. The van der Waals surface area contributed by atoms with E-state index in [-0.39, 0.29) is 11.0 Å². The molecule has 28 heavy (non-hydrogen) atoms. The summed E-state index contributed by atoms with van der Waals surface area (Å²) < 4.78 is 34.3. The molecule has 3 N–H and O–H groups in total. The van der Waals surface area contributed by atoms with Gasteiger partial charge in [0.2, 0.25) is 15.9 Å². The van der Waals surface area contributed by atoms with Crippen molar-refractivity contribution in [2.45, 2.75) is 31.3 Å². The Morgan fingerprint density at radius 3 is 2.86 bits per heavy atom. The standard InChI is InChI=1S/C20H22N2O5S/c1-3-26-18-11-15-9-13(2)27-19(15)10-14(18)7-8-20(23)22-16-5-4-6-17(12-16)28(21,24)25/h4-8,10-13H,3,9H2,1-2H3,(H,22,23)(H2,21,24,25)/b8-7+/t13-/m0/s1. The second-order valence-corrected chi connectivity index (χ2v) is 8.02. The Hall–Kier alpha value is -2.84. The summed E-state index contributed by atoms with van der Waals surface area (Å²) in [6.45, 7) is 4.40. The lowest BCUT2D eigenvalue weighted by Gasteiger charge is -2.10. The van der Waals surface area contributed by atoms with Crippen molar-refractivity contribution in [2.24, 2.45) is 5.14 Å². The summed E-state index contributed by atoms with van der Waals surface area (Å²) >= 11 is 0. The molecule has 2 aromatic rings. The summed E-state index contributed by atoms with van der Waals surface area (Å²) in [7, 11) is -3.84. The summed E-state index contributed by atoms with van der Waals surface area (Å²) in [6.07, 6.45) is 3.92. The van der Waals surface area contributed by atoms with Crippen LogP contribution < -0.4 is 19.9 Å². The third-order valence-electron chi connectivity index (χ3n) is 4.17. The molecule has 0 saturated heterocycles. The number of sulfonamides is 1. The van der Waals surface area contributed by atoms with Crippen LogP contribution in [0.15, 0.2) is 47.4 Å². The van der Waals surface area contributed by atoms with Gasteiger partial charge in [0.25, 0.3) is 0 Å². The highest BCUT2D eigenvalue weighted by Gasteiger charge is 2.21. The van der Waals surface area contributed by atoms with Crippen LogP contribution in [0.5, 0.6) is 11.5 Å². The third kappa shape index (κ3) is 4.71. The minimum atomic E-state index is -3.84. The summed E-state index contributed by atoms with van der Waals surface area (Å²) in [4.78, 5) is 12.2. The smallest absolute Gasteiger partial charge is 0.248 e. The molecule has 0 spiro atoms. The number of primary sulfonamides is 1. The fourth-order valence-electron chi connectivity index (χ4n) is 2.97. The lowest BCUT2D eigenvalue weighted by Crippen LogP contribution is -2.13. The largest absolute Gasteiger partial charge is 0.493 e. The molecule has 1 heterocycles. The van der Waals surface area contributed by atoms with E-state index >= 15 is 0 Å². The van der Waals surface area contributed by atoms with Crippen LogP contribution in [-0.2, 0) is 21.2 Å². The van der Waals surface area contributed by atoms with Crippen LogP contribution in [-0.4, -0.2) is 27.0 Å². The Bertz CT molecular complexity index is 1030. The first-order valence-corrected chi connectivity index (χ1v) is 10.4. The molecule has 0 fully saturated rings. The van der Waals surface area contributed by atoms with E-state index in [2.05, 4.69) is 5.32 Å². The Balaban J connectivity index is 1.78. The molecule has 148 valence electrons. The number of ether oxygens (including phenoxy) is 2. The molecular formula is C20H22N2O5S. The maximum Gasteiger partial charge on any atom is 0.248 e. The fraction of sp³-hybridized carbons (Fsp3) is 0.250. The highest BCUT2D eigenvalue weighted by atomic mass is 32.2. The number of fused-ring (bicyclic) bond motifs is 1. The predicted octanol–water partition coefficient (Wildman–Crippen LogP) is 2.71. The zero-order valence-electron chi connectivity index (χ0n) is 15.6. The highest BCUT2D eigenvalue weighted by Crippen LogP contribution is 2.35. The van der Waals surface area contributed by atoms with Gasteiger partial charge in [-0.15, -0.1) is 0 Å². The van der Waals surface area contributed by atoms with Crippen LogP contribution in [0, 0.1) is 0 Å². The molecule has 0 aromatic heterocycles. The number of carbonyl (C=O) groups excluding carboxylic acids is 1. The second kappa shape index (κ2) is 8.04. The zero-order valence-corrected chi connectivity index (χ0v) is 16.5. The van der Waals surface area contributed by atoms with Gasteiger partial charge in [-0.25, -0.2) is 13.6 Å². The van der Waals surface area contributed by atoms with E-state index < -0.39 is 15.9 Å². The lowest BCUT2D eigenvalue weighted by atomic mass is 10.1. The van der Waals surface area contributed by atoms with Crippen LogP contribution in [0.3, 0.4) is 0 Å². The van der Waals surface area contributed by atoms with Crippen molar-refractivity contribution in [2.75, 3.05) is 11.9 Å². The average Bonchev–Trinajstić information content (AvgIpc) is 2.98.